The molecule has 2 aromatic rings. The van der Waals surface area contributed by atoms with E-state index in [4.69, 9.17) is 0 Å². The molecule has 1 heterocycles. The van der Waals surface area contributed by atoms with Gasteiger partial charge in [0.15, 0.2) is 0 Å². The number of aromatic nitrogens is 1. The van der Waals surface area contributed by atoms with Crippen molar-refractivity contribution in [1.82, 2.24) is 10.3 Å². The summed E-state index contributed by atoms with van der Waals surface area (Å²) in [6, 6.07) is 15.7. The van der Waals surface area contributed by atoms with Gasteiger partial charge in [-0.1, -0.05) is 36.4 Å². The predicted octanol–water partition coefficient (Wildman–Crippen LogP) is 3.33. The van der Waals surface area contributed by atoms with Gasteiger partial charge in [-0.15, -0.1) is 0 Å². The van der Waals surface area contributed by atoms with Crippen molar-refractivity contribution in [2.45, 2.75) is 45.1 Å². The van der Waals surface area contributed by atoms with Crippen molar-refractivity contribution in [1.29, 1.82) is 0 Å². The summed E-state index contributed by atoms with van der Waals surface area (Å²) in [5, 5.41) is 5.70. The van der Waals surface area contributed by atoms with E-state index in [1.165, 1.54) is 5.56 Å². The van der Waals surface area contributed by atoms with Gasteiger partial charge in [0.25, 0.3) is 0 Å². The third kappa shape index (κ3) is 7.61. The van der Waals surface area contributed by atoms with Crippen LogP contribution in [0.1, 0.15) is 38.2 Å². The Morgan fingerprint density at radius 3 is 2.44 bits per heavy atom. The SMILES string of the molecule is CC(CCc1ccccc1)NC(=O)CCCC(=O)Nc1ccccn1. The molecule has 0 spiro atoms. The van der Waals surface area contributed by atoms with E-state index < -0.39 is 0 Å². The normalized spacial score (nSPS) is 11.6. The number of carbonyl (C=O) groups is 2. The lowest BCUT2D eigenvalue weighted by Crippen LogP contribution is -2.32. The van der Waals surface area contributed by atoms with Gasteiger partial charge in [-0.3, -0.25) is 9.59 Å². The van der Waals surface area contributed by atoms with Crippen molar-refractivity contribution in [3.8, 4) is 0 Å². The smallest absolute Gasteiger partial charge is 0.225 e. The fraction of sp³-hybridized carbons (Fsp3) is 0.350. The molecule has 2 rings (SSSR count). The average molecular weight is 339 g/mol. The highest BCUT2D eigenvalue weighted by Gasteiger charge is 2.09. The largest absolute Gasteiger partial charge is 0.354 e. The van der Waals surface area contributed by atoms with Gasteiger partial charge in [-0.2, -0.15) is 0 Å². The zero-order valence-corrected chi connectivity index (χ0v) is 14.6. The zero-order chi connectivity index (χ0) is 17.9. The number of anilines is 1. The summed E-state index contributed by atoms with van der Waals surface area (Å²) in [6.07, 6.45) is 4.65. The molecule has 1 atom stereocenters. The molecule has 5 heteroatoms. The van der Waals surface area contributed by atoms with Crippen LogP contribution in [0, 0.1) is 0 Å². The Bertz CT molecular complexity index is 659. The van der Waals surface area contributed by atoms with Crippen molar-refractivity contribution in [2.24, 2.45) is 0 Å². The molecule has 1 unspecified atom stereocenters. The zero-order valence-electron chi connectivity index (χ0n) is 14.6. The minimum atomic E-state index is -0.122. The number of aryl methyl sites for hydroxylation is 1. The molecule has 0 bridgehead atoms. The van der Waals surface area contributed by atoms with Gasteiger partial charge in [-0.05, 0) is 43.9 Å². The Hall–Kier alpha value is -2.69. The van der Waals surface area contributed by atoms with Crippen LogP contribution in [-0.2, 0) is 16.0 Å². The minimum Gasteiger partial charge on any atom is -0.354 e. The van der Waals surface area contributed by atoms with Crippen molar-refractivity contribution >= 4 is 17.6 Å². The summed E-state index contributed by atoms with van der Waals surface area (Å²) >= 11 is 0. The van der Waals surface area contributed by atoms with E-state index in [-0.39, 0.29) is 17.9 Å². The van der Waals surface area contributed by atoms with Crippen LogP contribution in [0.25, 0.3) is 0 Å². The van der Waals surface area contributed by atoms with Crippen LogP contribution >= 0.6 is 0 Å². The predicted molar refractivity (Wildman–Crippen MR) is 99.1 cm³/mol. The highest BCUT2D eigenvalue weighted by molar-refractivity contribution is 5.90. The Morgan fingerprint density at radius 2 is 1.72 bits per heavy atom. The molecule has 0 saturated carbocycles. The van der Waals surface area contributed by atoms with Crippen LogP contribution in [0.4, 0.5) is 5.82 Å². The van der Waals surface area contributed by atoms with Crippen molar-refractivity contribution in [2.75, 3.05) is 5.32 Å². The van der Waals surface area contributed by atoms with Crippen molar-refractivity contribution in [3.05, 3.63) is 60.3 Å². The summed E-state index contributed by atoms with van der Waals surface area (Å²) in [7, 11) is 0. The van der Waals surface area contributed by atoms with Gasteiger partial charge in [0.1, 0.15) is 5.82 Å². The molecule has 0 aliphatic heterocycles. The molecule has 132 valence electrons. The second kappa shape index (κ2) is 10.2. The maximum Gasteiger partial charge on any atom is 0.225 e. The summed E-state index contributed by atoms with van der Waals surface area (Å²) in [5.41, 5.74) is 1.27. The van der Waals surface area contributed by atoms with E-state index in [0.29, 0.717) is 25.1 Å². The number of nitrogens with one attached hydrogen (secondary N) is 2. The lowest BCUT2D eigenvalue weighted by Gasteiger charge is -2.14. The summed E-state index contributed by atoms with van der Waals surface area (Å²) in [5.74, 6) is 0.404. The van der Waals surface area contributed by atoms with Crippen molar-refractivity contribution in [3.63, 3.8) is 0 Å². The van der Waals surface area contributed by atoms with E-state index in [9.17, 15) is 9.59 Å². The standard InChI is InChI=1S/C20H25N3O2/c1-16(13-14-17-8-3-2-4-9-17)22-19(24)11-7-12-20(25)23-18-10-5-6-15-21-18/h2-6,8-10,15-16H,7,11-14H2,1H3,(H,22,24)(H,21,23,25). The van der Waals surface area contributed by atoms with E-state index in [1.54, 1.807) is 18.3 Å². The first-order valence-electron chi connectivity index (χ1n) is 8.67. The summed E-state index contributed by atoms with van der Waals surface area (Å²) < 4.78 is 0. The minimum absolute atomic E-state index is 0.00815. The number of amides is 2. The topological polar surface area (TPSA) is 71.1 Å². The molecule has 1 aromatic heterocycles. The van der Waals surface area contributed by atoms with Gasteiger partial charge < -0.3 is 10.6 Å². The van der Waals surface area contributed by atoms with Crippen molar-refractivity contribution < 1.29 is 9.59 Å². The van der Waals surface area contributed by atoms with Crippen LogP contribution in [0.15, 0.2) is 54.7 Å². The molecular formula is C20H25N3O2. The Labute approximate surface area is 148 Å². The lowest BCUT2D eigenvalue weighted by molar-refractivity contribution is -0.122. The number of nitrogens with zero attached hydrogens (tertiary/aromatic N) is 1. The second-order valence-corrected chi connectivity index (χ2v) is 6.11. The highest BCUT2D eigenvalue weighted by atomic mass is 16.2. The van der Waals surface area contributed by atoms with Gasteiger partial charge in [0.2, 0.25) is 11.8 Å². The second-order valence-electron chi connectivity index (χ2n) is 6.11. The third-order valence-corrected chi connectivity index (χ3v) is 3.86. The van der Waals surface area contributed by atoms with Gasteiger partial charge in [-0.25, -0.2) is 4.98 Å². The van der Waals surface area contributed by atoms with Gasteiger partial charge in [0, 0.05) is 25.1 Å². The molecule has 2 N–H and O–H groups in total. The molecule has 0 aliphatic rings. The summed E-state index contributed by atoms with van der Waals surface area (Å²) in [4.78, 5) is 27.8. The number of hydrogen-bond donors (Lipinski definition) is 2. The molecule has 5 nitrogen and oxygen atoms in total. The van der Waals surface area contributed by atoms with Gasteiger partial charge in [0.05, 0.1) is 0 Å². The van der Waals surface area contributed by atoms with E-state index in [2.05, 4.69) is 27.8 Å². The highest BCUT2D eigenvalue weighted by Crippen LogP contribution is 2.06. The maximum absolute atomic E-state index is 11.9. The quantitative estimate of drug-likeness (QED) is 0.736. The molecule has 0 radical (unpaired) electrons. The molecule has 0 fully saturated rings. The number of benzene rings is 1. The molecule has 0 aliphatic carbocycles. The third-order valence-electron chi connectivity index (χ3n) is 3.86. The number of pyridine rings is 1. The monoisotopic (exact) mass is 339 g/mol. The van der Waals surface area contributed by atoms with E-state index in [0.717, 1.165) is 12.8 Å². The lowest BCUT2D eigenvalue weighted by atomic mass is 10.1. The Kier molecular flexibility index (Phi) is 7.63. The average Bonchev–Trinajstić information content (AvgIpc) is 2.61. The molecule has 25 heavy (non-hydrogen) atoms. The fourth-order valence-corrected chi connectivity index (χ4v) is 2.50. The van der Waals surface area contributed by atoms with Crippen LogP contribution < -0.4 is 10.6 Å². The fourth-order valence-electron chi connectivity index (χ4n) is 2.50. The molecular weight excluding hydrogens is 314 g/mol. The molecule has 1 aromatic carbocycles. The first-order chi connectivity index (χ1) is 12.1. The number of carbonyl (C=O) groups excluding carboxylic acids is 2. The molecule has 2 amide bonds. The van der Waals surface area contributed by atoms with Gasteiger partial charge >= 0.3 is 0 Å². The van der Waals surface area contributed by atoms with E-state index >= 15 is 0 Å². The van der Waals surface area contributed by atoms with Crippen LogP contribution in [0.5, 0.6) is 0 Å². The van der Waals surface area contributed by atoms with Crippen LogP contribution in [-0.4, -0.2) is 22.8 Å². The number of hydrogen-bond acceptors (Lipinski definition) is 3. The maximum atomic E-state index is 11.9. The van der Waals surface area contributed by atoms with Crippen LogP contribution in [0.3, 0.4) is 0 Å². The van der Waals surface area contributed by atoms with Crippen LogP contribution in [0.2, 0.25) is 0 Å². The summed E-state index contributed by atoms with van der Waals surface area (Å²) in [6.45, 7) is 2.01. The molecule has 0 saturated heterocycles. The van der Waals surface area contributed by atoms with E-state index in [1.807, 2.05) is 31.2 Å². The first-order valence-corrected chi connectivity index (χ1v) is 8.67. The Morgan fingerprint density at radius 1 is 1.00 bits per heavy atom. The number of rotatable bonds is 9. The Balaban J connectivity index is 1.59. The first kappa shape index (κ1) is 18.6.